The van der Waals surface area contributed by atoms with E-state index >= 15 is 0 Å². The second-order valence-corrected chi connectivity index (χ2v) is 6.65. The van der Waals surface area contributed by atoms with Gasteiger partial charge >= 0.3 is 0 Å². The summed E-state index contributed by atoms with van der Waals surface area (Å²) in [6.07, 6.45) is 5.36. The summed E-state index contributed by atoms with van der Waals surface area (Å²) in [4.78, 5) is 23.1. The Balaban J connectivity index is 1.82. The van der Waals surface area contributed by atoms with Gasteiger partial charge in [0.15, 0.2) is 5.69 Å². The summed E-state index contributed by atoms with van der Waals surface area (Å²) in [5.74, 6) is 2.20. The van der Waals surface area contributed by atoms with Crippen molar-refractivity contribution in [2.45, 2.75) is 39.0 Å². The summed E-state index contributed by atoms with van der Waals surface area (Å²) in [7, 11) is 0. The van der Waals surface area contributed by atoms with Crippen molar-refractivity contribution in [3.8, 4) is 0 Å². The smallest absolute Gasteiger partial charge is 0.274 e. The summed E-state index contributed by atoms with van der Waals surface area (Å²) in [6.45, 7) is 5.75. The van der Waals surface area contributed by atoms with Crippen molar-refractivity contribution in [2.75, 3.05) is 13.1 Å². The summed E-state index contributed by atoms with van der Waals surface area (Å²) in [5.41, 5.74) is 0.366. The molecule has 0 spiro atoms. The lowest BCUT2D eigenvalue weighted by atomic mass is 10.0. The van der Waals surface area contributed by atoms with E-state index in [0.29, 0.717) is 28.4 Å². The van der Waals surface area contributed by atoms with Crippen LogP contribution in [0.2, 0.25) is 5.02 Å². The number of carbonyl (C=O) groups excluding carboxylic acids is 1. The van der Waals surface area contributed by atoms with Gasteiger partial charge in [-0.3, -0.25) is 4.79 Å². The van der Waals surface area contributed by atoms with Crippen LogP contribution in [0.3, 0.4) is 0 Å². The molecule has 0 N–H and O–H groups in total. The summed E-state index contributed by atoms with van der Waals surface area (Å²) in [5, 5.41) is 0.358. The van der Waals surface area contributed by atoms with E-state index < -0.39 is 0 Å². The Bertz CT molecular complexity index is 520. The lowest BCUT2D eigenvalue weighted by molar-refractivity contribution is 0.0774. The molecule has 0 aromatic carbocycles. The molecular weight excluding hydrogens is 274 g/mol. The van der Waals surface area contributed by atoms with Crippen molar-refractivity contribution in [3.05, 3.63) is 22.7 Å². The van der Waals surface area contributed by atoms with Crippen LogP contribution in [0.5, 0.6) is 0 Å². The number of carbonyl (C=O) groups is 1. The molecule has 1 saturated heterocycles. The van der Waals surface area contributed by atoms with Crippen molar-refractivity contribution in [2.24, 2.45) is 11.8 Å². The molecule has 0 radical (unpaired) electrons. The molecule has 2 atom stereocenters. The highest BCUT2D eigenvalue weighted by Crippen LogP contribution is 2.38. The highest BCUT2D eigenvalue weighted by molar-refractivity contribution is 6.33. The minimum absolute atomic E-state index is 0.0336. The summed E-state index contributed by atoms with van der Waals surface area (Å²) in [6, 6.07) is 0. The molecule has 1 aliphatic heterocycles. The molecule has 2 aliphatic rings. The topological polar surface area (TPSA) is 46.1 Å². The maximum absolute atomic E-state index is 12.6. The Kier molecular flexibility index (Phi) is 3.67. The first-order chi connectivity index (χ1) is 9.56. The fourth-order valence-corrected chi connectivity index (χ4v) is 3.53. The molecule has 2 unspecified atom stereocenters. The molecule has 3 rings (SSSR count). The third-order valence-electron chi connectivity index (χ3n) is 4.50. The molecule has 0 bridgehead atoms. The molecule has 1 aliphatic carbocycles. The average molecular weight is 294 g/mol. The first-order valence-corrected chi connectivity index (χ1v) is 7.75. The van der Waals surface area contributed by atoms with Gasteiger partial charge in [0, 0.05) is 19.0 Å². The van der Waals surface area contributed by atoms with Crippen LogP contribution in [-0.2, 0) is 0 Å². The fourth-order valence-electron chi connectivity index (χ4n) is 3.36. The second-order valence-electron chi connectivity index (χ2n) is 6.24. The molecule has 1 aromatic heterocycles. The standard InChI is InChI=1S/C15H20ClN3O/c1-9(2)14-17-6-12(16)13(18-14)15(20)19-7-10-4-3-5-11(10)8-19/h6,9-11H,3-5,7-8H2,1-2H3. The minimum atomic E-state index is -0.0336. The van der Waals surface area contributed by atoms with Crippen molar-refractivity contribution in [1.29, 1.82) is 0 Å². The zero-order valence-corrected chi connectivity index (χ0v) is 12.7. The highest BCUT2D eigenvalue weighted by Gasteiger charge is 2.39. The SMILES string of the molecule is CC(C)c1ncc(Cl)c(C(=O)N2CC3CCCC3C2)n1. The molecule has 2 fully saturated rings. The van der Waals surface area contributed by atoms with Gasteiger partial charge in [-0.25, -0.2) is 9.97 Å². The first kappa shape index (κ1) is 13.8. The zero-order valence-electron chi connectivity index (χ0n) is 12.0. The number of amides is 1. The lowest BCUT2D eigenvalue weighted by Crippen LogP contribution is -2.30. The number of rotatable bonds is 2. The van der Waals surface area contributed by atoms with Gasteiger partial charge in [0.05, 0.1) is 11.2 Å². The maximum Gasteiger partial charge on any atom is 0.274 e. The number of hydrogen-bond donors (Lipinski definition) is 0. The Morgan fingerprint density at radius 3 is 2.60 bits per heavy atom. The Labute approximate surface area is 124 Å². The van der Waals surface area contributed by atoms with E-state index in [1.807, 2.05) is 18.7 Å². The van der Waals surface area contributed by atoms with Gasteiger partial charge in [0.25, 0.3) is 5.91 Å². The Hall–Kier alpha value is -1.16. The van der Waals surface area contributed by atoms with Crippen molar-refractivity contribution in [3.63, 3.8) is 0 Å². The van der Waals surface area contributed by atoms with Crippen LogP contribution in [0.25, 0.3) is 0 Å². The van der Waals surface area contributed by atoms with Crippen LogP contribution in [0.15, 0.2) is 6.20 Å². The molecule has 20 heavy (non-hydrogen) atoms. The van der Waals surface area contributed by atoms with E-state index in [-0.39, 0.29) is 11.8 Å². The van der Waals surface area contributed by atoms with E-state index in [1.54, 1.807) is 6.20 Å². The number of halogens is 1. The van der Waals surface area contributed by atoms with Gasteiger partial charge in [0.1, 0.15) is 5.82 Å². The monoisotopic (exact) mass is 293 g/mol. The fraction of sp³-hybridized carbons (Fsp3) is 0.667. The van der Waals surface area contributed by atoms with Gasteiger partial charge in [-0.15, -0.1) is 0 Å². The van der Waals surface area contributed by atoms with Crippen molar-refractivity contribution < 1.29 is 4.79 Å². The largest absolute Gasteiger partial charge is 0.337 e. The average Bonchev–Trinajstić information content (AvgIpc) is 2.98. The Morgan fingerprint density at radius 2 is 2.00 bits per heavy atom. The number of aromatic nitrogens is 2. The maximum atomic E-state index is 12.6. The second kappa shape index (κ2) is 5.32. The number of fused-ring (bicyclic) bond motifs is 1. The van der Waals surface area contributed by atoms with Crippen LogP contribution >= 0.6 is 11.6 Å². The van der Waals surface area contributed by atoms with Crippen LogP contribution in [0, 0.1) is 11.8 Å². The van der Waals surface area contributed by atoms with Crippen LogP contribution in [0.4, 0.5) is 0 Å². The number of nitrogens with zero attached hydrogens (tertiary/aromatic N) is 3. The van der Waals surface area contributed by atoms with Gasteiger partial charge in [-0.2, -0.15) is 0 Å². The first-order valence-electron chi connectivity index (χ1n) is 7.38. The molecule has 1 saturated carbocycles. The van der Waals surface area contributed by atoms with Crippen LogP contribution < -0.4 is 0 Å². The number of hydrogen-bond acceptors (Lipinski definition) is 3. The van der Waals surface area contributed by atoms with E-state index in [2.05, 4.69) is 9.97 Å². The van der Waals surface area contributed by atoms with Gasteiger partial charge in [0.2, 0.25) is 0 Å². The zero-order chi connectivity index (χ0) is 14.3. The van der Waals surface area contributed by atoms with Crippen molar-refractivity contribution in [1.82, 2.24) is 14.9 Å². The molecule has 2 heterocycles. The van der Waals surface area contributed by atoms with Gasteiger partial charge in [-0.1, -0.05) is 31.9 Å². The van der Waals surface area contributed by atoms with E-state index in [1.165, 1.54) is 19.3 Å². The van der Waals surface area contributed by atoms with E-state index in [0.717, 1.165) is 13.1 Å². The molecule has 1 amide bonds. The number of likely N-dealkylation sites (tertiary alicyclic amines) is 1. The molecular formula is C15H20ClN3O. The molecule has 1 aromatic rings. The lowest BCUT2D eigenvalue weighted by Gasteiger charge is -2.18. The predicted octanol–water partition coefficient (Wildman–Crippen LogP) is 3.13. The summed E-state index contributed by atoms with van der Waals surface area (Å²) < 4.78 is 0. The van der Waals surface area contributed by atoms with Crippen LogP contribution in [-0.4, -0.2) is 33.9 Å². The van der Waals surface area contributed by atoms with E-state index in [9.17, 15) is 4.79 Å². The highest BCUT2D eigenvalue weighted by atomic mass is 35.5. The molecule has 4 nitrogen and oxygen atoms in total. The van der Waals surface area contributed by atoms with Crippen molar-refractivity contribution >= 4 is 17.5 Å². The Morgan fingerprint density at radius 1 is 1.35 bits per heavy atom. The quantitative estimate of drug-likeness (QED) is 0.841. The van der Waals surface area contributed by atoms with Crippen LogP contribution in [0.1, 0.15) is 55.3 Å². The third kappa shape index (κ3) is 2.41. The predicted molar refractivity (Wildman–Crippen MR) is 77.9 cm³/mol. The van der Waals surface area contributed by atoms with Gasteiger partial charge in [-0.05, 0) is 24.7 Å². The van der Waals surface area contributed by atoms with Gasteiger partial charge < -0.3 is 4.90 Å². The van der Waals surface area contributed by atoms with E-state index in [4.69, 9.17) is 11.6 Å². The molecule has 108 valence electrons. The third-order valence-corrected chi connectivity index (χ3v) is 4.77. The normalized spacial score (nSPS) is 25.3. The minimum Gasteiger partial charge on any atom is -0.337 e. The molecule has 5 heteroatoms. The summed E-state index contributed by atoms with van der Waals surface area (Å²) >= 11 is 6.12.